The highest BCUT2D eigenvalue weighted by Crippen LogP contribution is 2.22. The Hall–Kier alpha value is -4.19. The van der Waals surface area contributed by atoms with Gasteiger partial charge >= 0.3 is 0 Å². The van der Waals surface area contributed by atoms with Crippen LogP contribution >= 0.6 is 0 Å². The maximum Gasteiger partial charge on any atom is 0.276 e. The van der Waals surface area contributed by atoms with Crippen LogP contribution in [0, 0.1) is 6.92 Å². The topological polar surface area (TPSA) is 75.6 Å². The van der Waals surface area contributed by atoms with Crippen LogP contribution in [-0.2, 0) is 0 Å². The zero-order chi connectivity index (χ0) is 20.5. The molecule has 0 saturated carbocycles. The number of aromatic nitrogens is 4. The molecule has 6 nitrogen and oxygen atoms in total. The average Bonchev–Trinajstić information content (AvgIpc) is 3.38. The van der Waals surface area contributed by atoms with Crippen molar-refractivity contribution in [3.8, 4) is 17.1 Å². The van der Waals surface area contributed by atoms with Crippen molar-refractivity contribution in [3.63, 3.8) is 0 Å². The van der Waals surface area contributed by atoms with Crippen LogP contribution in [0.5, 0.6) is 0 Å². The first-order chi connectivity index (χ1) is 14.7. The SMILES string of the molecule is Cc1cc(C(=O)Nc2ccc(-c3nc4ccccc4[nH]3)cc2)nn1-c1ccccc1. The van der Waals surface area contributed by atoms with Gasteiger partial charge in [-0.3, -0.25) is 4.79 Å². The third-order valence-corrected chi connectivity index (χ3v) is 4.93. The van der Waals surface area contributed by atoms with Gasteiger partial charge in [0.15, 0.2) is 5.69 Å². The van der Waals surface area contributed by atoms with E-state index in [0.29, 0.717) is 11.4 Å². The molecule has 0 saturated heterocycles. The molecule has 6 heteroatoms. The molecule has 0 radical (unpaired) electrons. The smallest absolute Gasteiger partial charge is 0.276 e. The molecule has 0 atom stereocenters. The molecule has 2 aromatic heterocycles. The molecular formula is C24H19N5O. The molecule has 146 valence electrons. The first-order valence-electron chi connectivity index (χ1n) is 9.66. The summed E-state index contributed by atoms with van der Waals surface area (Å²) in [5.41, 5.74) is 5.76. The van der Waals surface area contributed by atoms with E-state index in [9.17, 15) is 4.79 Å². The van der Waals surface area contributed by atoms with Crippen molar-refractivity contribution < 1.29 is 4.79 Å². The Bertz CT molecular complexity index is 1300. The van der Waals surface area contributed by atoms with Gasteiger partial charge in [0.2, 0.25) is 0 Å². The molecule has 5 aromatic rings. The summed E-state index contributed by atoms with van der Waals surface area (Å²) >= 11 is 0. The van der Waals surface area contributed by atoms with Gasteiger partial charge < -0.3 is 10.3 Å². The number of nitrogens with zero attached hydrogens (tertiary/aromatic N) is 3. The van der Waals surface area contributed by atoms with E-state index in [2.05, 4.69) is 20.4 Å². The monoisotopic (exact) mass is 393 g/mol. The highest BCUT2D eigenvalue weighted by atomic mass is 16.1. The average molecular weight is 393 g/mol. The number of H-pyrrole nitrogens is 1. The lowest BCUT2D eigenvalue weighted by Crippen LogP contribution is -2.13. The molecule has 0 unspecified atom stereocenters. The molecule has 0 bridgehead atoms. The second-order valence-corrected chi connectivity index (χ2v) is 7.05. The van der Waals surface area contributed by atoms with E-state index in [1.807, 2.05) is 85.8 Å². The van der Waals surface area contributed by atoms with E-state index in [4.69, 9.17) is 0 Å². The first kappa shape index (κ1) is 17.9. The number of hydrogen-bond acceptors (Lipinski definition) is 3. The number of carbonyl (C=O) groups excluding carboxylic acids is 1. The number of imidazole rings is 1. The van der Waals surface area contributed by atoms with Gasteiger partial charge in [-0.2, -0.15) is 5.10 Å². The quantitative estimate of drug-likeness (QED) is 0.452. The molecule has 2 N–H and O–H groups in total. The molecule has 0 aliphatic carbocycles. The molecule has 1 amide bonds. The van der Waals surface area contributed by atoms with Crippen LogP contribution in [0.15, 0.2) is 84.9 Å². The van der Waals surface area contributed by atoms with E-state index in [1.54, 1.807) is 10.7 Å². The third-order valence-electron chi connectivity index (χ3n) is 4.93. The Balaban J connectivity index is 1.34. The zero-order valence-corrected chi connectivity index (χ0v) is 16.3. The lowest BCUT2D eigenvalue weighted by atomic mass is 10.2. The van der Waals surface area contributed by atoms with Crippen LogP contribution in [0.4, 0.5) is 5.69 Å². The molecule has 2 heterocycles. The minimum absolute atomic E-state index is 0.246. The number of amides is 1. The summed E-state index contributed by atoms with van der Waals surface area (Å²) in [5.74, 6) is 0.551. The fraction of sp³-hybridized carbons (Fsp3) is 0.0417. The predicted octanol–water partition coefficient (Wildman–Crippen LogP) is 4.98. The summed E-state index contributed by atoms with van der Waals surface area (Å²) in [7, 11) is 0. The number of rotatable bonds is 4. The van der Waals surface area contributed by atoms with Crippen molar-refractivity contribution in [2.45, 2.75) is 6.92 Å². The number of para-hydroxylation sites is 3. The number of nitrogens with one attached hydrogen (secondary N) is 2. The number of hydrogen-bond donors (Lipinski definition) is 2. The molecule has 3 aromatic carbocycles. The number of carbonyl (C=O) groups is 1. The number of fused-ring (bicyclic) bond motifs is 1. The van der Waals surface area contributed by atoms with Crippen LogP contribution in [0.2, 0.25) is 0 Å². The Kier molecular flexibility index (Phi) is 4.37. The maximum atomic E-state index is 12.7. The summed E-state index contributed by atoms with van der Waals surface area (Å²) in [5, 5.41) is 7.37. The van der Waals surface area contributed by atoms with Gasteiger partial charge in [0.25, 0.3) is 5.91 Å². The van der Waals surface area contributed by atoms with Crippen molar-refractivity contribution in [1.82, 2.24) is 19.7 Å². The lowest BCUT2D eigenvalue weighted by Gasteiger charge is -2.05. The van der Waals surface area contributed by atoms with Gasteiger partial charge in [-0.25, -0.2) is 9.67 Å². The van der Waals surface area contributed by atoms with E-state index < -0.39 is 0 Å². The summed E-state index contributed by atoms with van der Waals surface area (Å²) in [6, 6.07) is 27.0. The van der Waals surface area contributed by atoms with Crippen molar-refractivity contribution in [1.29, 1.82) is 0 Å². The number of anilines is 1. The maximum absolute atomic E-state index is 12.7. The summed E-state index contributed by atoms with van der Waals surface area (Å²) in [6.07, 6.45) is 0. The van der Waals surface area contributed by atoms with E-state index >= 15 is 0 Å². The Morgan fingerprint density at radius 3 is 2.43 bits per heavy atom. The number of aryl methyl sites for hydroxylation is 1. The van der Waals surface area contributed by atoms with E-state index in [1.165, 1.54) is 0 Å². The Morgan fingerprint density at radius 1 is 0.933 bits per heavy atom. The molecule has 30 heavy (non-hydrogen) atoms. The second-order valence-electron chi connectivity index (χ2n) is 7.05. The molecule has 0 aliphatic rings. The van der Waals surface area contributed by atoms with Gasteiger partial charge in [-0.05, 0) is 61.5 Å². The first-order valence-corrected chi connectivity index (χ1v) is 9.66. The fourth-order valence-electron chi connectivity index (χ4n) is 3.41. The van der Waals surface area contributed by atoms with Crippen LogP contribution in [0.25, 0.3) is 28.1 Å². The van der Waals surface area contributed by atoms with Crippen LogP contribution in [0.1, 0.15) is 16.2 Å². The Labute approximate surface area is 173 Å². The van der Waals surface area contributed by atoms with Crippen LogP contribution in [-0.4, -0.2) is 25.7 Å². The largest absolute Gasteiger partial charge is 0.338 e. The normalized spacial score (nSPS) is 11.0. The van der Waals surface area contributed by atoms with Crippen LogP contribution < -0.4 is 5.32 Å². The van der Waals surface area contributed by atoms with Crippen molar-refractivity contribution in [3.05, 3.63) is 96.3 Å². The summed E-state index contributed by atoms with van der Waals surface area (Å²) in [6.45, 7) is 1.93. The van der Waals surface area contributed by atoms with Crippen molar-refractivity contribution in [2.75, 3.05) is 5.32 Å². The fourth-order valence-corrected chi connectivity index (χ4v) is 3.41. The second kappa shape index (κ2) is 7.33. The van der Waals surface area contributed by atoms with Gasteiger partial charge in [-0.15, -0.1) is 0 Å². The van der Waals surface area contributed by atoms with Gasteiger partial charge in [0, 0.05) is 16.9 Å². The molecule has 0 fully saturated rings. The van der Waals surface area contributed by atoms with Gasteiger partial charge in [0.1, 0.15) is 5.82 Å². The molecule has 5 rings (SSSR count). The van der Waals surface area contributed by atoms with Gasteiger partial charge in [0.05, 0.1) is 16.7 Å². The van der Waals surface area contributed by atoms with Crippen molar-refractivity contribution in [2.24, 2.45) is 0 Å². The lowest BCUT2D eigenvalue weighted by molar-refractivity contribution is 0.102. The minimum Gasteiger partial charge on any atom is -0.338 e. The van der Waals surface area contributed by atoms with E-state index in [-0.39, 0.29) is 5.91 Å². The molecule has 0 spiro atoms. The van der Waals surface area contributed by atoms with Gasteiger partial charge in [-0.1, -0.05) is 30.3 Å². The number of benzene rings is 3. The number of aromatic amines is 1. The zero-order valence-electron chi connectivity index (χ0n) is 16.3. The molecular weight excluding hydrogens is 374 g/mol. The van der Waals surface area contributed by atoms with Crippen molar-refractivity contribution >= 4 is 22.6 Å². The molecule has 0 aliphatic heterocycles. The summed E-state index contributed by atoms with van der Waals surface area (Å²) in [4.78, 5) is 20.6. The Morgan fingerprint density at radius 2 is 1.67 bits per heavy atom. The summed E-state index contributed by atoms with van der Waals surface area (Å²) < 4.78 is 1.76. The predicted molar refractivity (Wildman–Crippen MR) is 118 cm³/mol. The third kappa shape index (κ3) is 3.35. The minimum atomic E-state index is -0.246. The highest BCUT2D eigenvalue weighted by Gasteiger charge is 2.14. The van der Waals surface area contributed by atoms with E-state index in [0.717, 1.165) is 33.8 Å². The van der Waals surface area contributed by atoms with Crippen LogP contribution in [0.3, 0.4) is 0 Å². The highest BCUT2D eigenvalue weighted by molar-refractivity contribution is 6.03. The standard InChI is InChI=1S/C24H19N5O/c1-16-15-22(28-29(16)19-7-3-2-4-8-19)24(30)25-18-13-11-17(12-14-18)23-26-20-9-5-6-10-21(20)27-23/h2-15H,1H3,(H,25,30)(H,26,27).